The average Bonchev–Trinajstić information content (AvgIpc) is 2.52. The summed E-state index contributed by atoms with van der Waals surface area (Å²) in [6, 6.07) is 3.24. The Morgan fingerprint density at radius 2 is 2.15 bits per heavy atom. The van der Waals surface area contributed by atoms with Gasteiger partial charge in [0, 0.05) is 5.69 Å². The van der Waals surface area contributed by atoms with Crippen molar-refractivity contribution in [2.75, 3.05) is 0 Å². The standard InChI is InChI=1S/C9H11NO3/c1-2-3-6-4-5-7(10-6)8(11)9(12)13/h4-5,10H,2-3H2,1H3,(H,12,13). The lowest BCUT2D eigenvalue weighted by Gasteiger charge is -1.92. The highest BCUT2D eigenvalue weighted by atomic mass is 16.4. The van der Waals surface area contributed by atoms with Gasteiger partial charge in [0.25, 0.3) is 5.78 Å². The van der Waals surface area contributed by atoms with Crippen LogP contribution in [0.5, 0.6) is 0 Å². The van der Waals surface area contributed by atoms with E-state index in [0.717, 1.165) is 18.5 Å². The van der Waals surface area contributed by atoms with Crippen molar-refractivity contribution in [3.05, 3.63) is 23.5 Å². The van der Waals surface area contributed by atoms with E-state index in [9.17, 15) is 9.59 Å². The van der Waals surface area contributed by atoms with Crippen LogP contribution in [0.3, 0.4) is 0 Å². The van der Waals surface area contributed by atoms with Crippen LogP contribution in [0.2, 0.25) is 0 Å². The van der Waals surface area contributed by atoms with Gasteiger partial charge in [0.1, 0.15) is 0 Å². The van der Waals surface area contributed by atoms with Gasteiger partial charge >= 0.3 is 5.97 Å². The first kappa shape index (κ1) is 9.51. The monoisotopic (exact) mass is 181 g/mol. The fourth-order valence-corrected chi connectivity index (χ4v) is 1.10. The zero-order valence-corrected chi connectivity index (χ0v) is 7.33. The number of carboxylic acid groups (broad SMARTS) is 1. The lowest BCUT2D eigenvalue weighted by Crippen LogP contribution is -2.12. The minimum Gasteiger partial charge on any atom is -0.475 e. The number of ketones is 1. The summed E-state index contributed by atoms with van der Waals surface area (Å²) in [7, 11) is 0. The van der Waals surface area contributed by atoms with Crippen LogP contribution in [-0.2, 0) is 11.2 Å². The van der Waals surface area contributed by atoms with Gasteiger partial charge < -0.3 is 10.1 Å². The molecule has 0 aromatic carbocycles. The van der Waals surface area contributed by atoms with Crippen molar-refractivity contribution in [2.45, 2.75) is 19.8 Å². The molecule has 1 aromatic rings. The molecule has 4 nitrogen and oxygen atoms in total. The van der Waals surface area contributed by atoms with Crippen LogP contribution < -0.4 is 0 Å². The molecule has 0 saturated heterocycles. The number of carboxylic acids is 1. The molecule has 0 radical (unpaired) electrons. The summed E-state index contributed by atoms with van der Waals surface area (Å²) in [5.74, 6) is -2.31. The Bertz CT molecular complexity index is 327. The number of aryl methyl sites for hydroxylation is 1. The fourth-order valence-electron chi connectivity index (χ4n) is 1.10. The Kier molecular flexibility index (Phi) is 2.84. The van der Waals surface area contributed by atoms with E-state index in [-0.39, 0.29) is 5.69 Å². The van der Waals surface area contributed by atoms with E-state index >= 15 is 0 Å². The van der Waals surface area contributed by atoms with Crippen LogP contribution >= 0.6 is 0 Å². The van der Waals surface area contributed by atoms with Gasteiger partial charge in [-0.25, -0.2) is 4.79 Å². The number of carbonyl (C=O) groups excluding carboxylic acids is 1. The molecule has 2 N–H and O–H groups in total. The maximum atomic E-state index is 10.9. The highest BCUT2D eigenvalue weighted by Gasteiger charge is 2.15. The van der Waals surface area contributed by atoms with E-state index < -0.39 is 11.8 Å². The largest absolute Gasteiger partial charge is 0.475 e. The summed E-state index contributed by atoms with van der Waals surface area (Å²) in [6.07, 6.45) is 1.79. The summed E-state index contributed by atoms with van der Waals surface area (Å²) in [5, 5.41) is 8.41. The molecule has 0 aliphatic rings. The Hall–Kier alpha value is -1.58. The maximum Gasteiger partial charge on any atom is 0.378 e. The van der Waals surface area contributed by atoms with Gasteiger partial charge in [0.15, 0.2) is 0 Å². The number of carbonyl (C=O) groups is 2. The Labute approximate surface area is 75.6 Å². The van der Waals surface area contributed by atoms with E-state index in [2.05, 4.69) is 4.98 Å². The molecule has 1 rings (SSSR count). The number of aliphatic carboxylic acids is 1. The number of aromatic nitrogens is 1. The first-order valence-electron chi connectivity index (χ1n) is 4.10. The quantitative estimate of drug-likeness (QED) is 0.542. The van der Waals surface area contributed by atoms with Crippen molar-refractivity contribution >= 4 is 11.8 Å². The lowest BCUT2D eigenvalue weighted by atomic mass is 10.3. The highest BCUT2D eigenvalue weighted by molar-refractivity contribution is 6.39. The molecule has 1 heterocycles. The SMILES string of the molecule is CCCc1ccc(C(=O)C(=O)O)[nH]1. The van der Waals surface area contributed by atoms with Crippen LogP contribution in [-0.4, -0.2) is 21.8 Å². The van der Waals surface area contributed by atoms with Crippen molar-refractivity contribution in [1.29, 1.82) is 0 Å². The van der Waals surface area contributed by atoms with Gasteiger partial charge in [0.2, 0.25) is 0 Å². The fraction of sp³-hybridized carbons (Fsp3) is 0.333. The van der Waals surface area contributed by atoms with Crippen LogP contribution in [0, 0.1) is 0 Å². The van der Waals surface area contributed by atoms with Crippen molar-refractivity contribution in [3.8, 4) is 0 Å². The van der Waals surface area contributed by atoms with Gasteiger partial charge in [-0.3, -0.25) is 4.79 Å². The molecule has 0 aliphatic heterocycles. The molecule has 0 saturated carbocycles. The number of aromatic amines is 1. The van der Waals surface area contributed by atoms with Gasteiger partial charge in [-0.2, -0.15) is 0 Å². The number of rotatable bonds is 4. The van der Waals surface area contributed by atoms with E-state index in [1.54, 1.807) is 6.07 Å². The second-order valence-corrected chi connectivity index (χ2v) is 2.78. The third kappa shape index (κ3) is 2.18. The zero-order valence-electron chi connectivity index (χ0n) is 7.33. The molecule has 0 spiro atoms. The average molecular weight is 181 g/mol. The molecule has 0 fully saturated rings. The van der Waals surface area contributed by atoms with E-state index in [1.807, 2.05) is 6.92 Å². The van der Waals surface area contributed by atoms with Gasteiger partial charge in [-0.15, -0.1) is 0 Å². The third-order valence-corrected chi connectivity index (χ3v) is 1.70. The smallest absolute Gasteiger partial charge is 0.378 e. The topological polar surface area (TPSA) is 70.2 Å². The first-order valence-corrected chi connectivity index (χ1v) is 4.10. The molecule has 0 atom stereocenters. The van der Waals surface area contributed by atoms with E-state index in [4.69, 9.17) is 5.11 Å². The number of hydrogen-bond acceptors (Lipinski definition) is 2. The summed E-state index contributed by atoms with van der Waals surface area (Å²) >= 11 is 0. The summed E-state index contributed by atoms with van der Waals surface area (Å²) < 4.78 is 0. The molecule has 0 unspecified atom stereocenters. The molecule has 70 valence electrons. The van der Waals surface area contributed by atoms with E-state index in [1.165, 1.54) is 6.07 Å². The predicted octanol–water partition coefficient (Wildman–Crippen LogP) is 1.23. The minimum absolute atomic E-state index is 0.149. The summed E-state index contributed by atoms with van der Waals surface area (Å²) in [5.41, 5.74) is 1.04. The van der Waals surface area contributed by atoms with Gasteiger partial charge in [0.05, 0.1) is 5.69 Å². The second-order valence-electron chi connectivity index (χ2n) is 2.78. The predicted molar refractivity (Wildman–Crippen MR) is 46.8 cm³/mol. The molecular formula is C9H11NO3. The summed E-state index contributed by atoms with van der Waals surface area (Å²) in [4.78, 5) is 24.0. The lowest BCUT2D eigenvalue weighted by molar-refractivity contribution is -0.131. The molecular weight excluding hydrogens is 170 g/mol. The number of Topliss-reactive ketones (excluding diaryl/α,β-unsaturated/α-hetero) is 1. The molecule has 0 bridgehead atoms. The third-order valence-electron chi connectivity index (χ3n) is 1.70. The molecule has 1 aromatic heterocycles. The normalized spacial score (nSPS) is 9.92. The van der Waals surface area contributed by atoms with Gasteiger partial charge in [-0.1, -0.05) is 13.3 Å². The van der Waals surface area contributed by atoms with Crippen molar-refractivity contribution < 1.29 is 14.7 Å². The van der Waals surface area contributed by atoms with Crippen LogP contribution in [0.1, 0.15) is 29.5 Å². The second kappa shape index (κ2) is 3.89. The maximum absolute atomic E-state index is 10.9. The molecule has 0 amide bonds. The van der Waals surface area contributed by atoms with E-state index in [0.29, 0.717) is 0 Å². The van der Waals surface area contributed by atoms with Gasteiger partial charge in [-0.05, 0) is 18.6 Å². The number of nitrogens with one attached hydrogen (secondary N) is 1. The van der Waals surface area contributed by atoms with Crippen LogP contribution in [0.25, 0.3) is 0 Å². The van der Waals surface area contributed by atoms with Crippen molar-refractivity contribution in [2.24, 2.45) is 0 Å². The Balaban J connectivity index is 2.79. The number of hydrogen-bond donors (Lipinski definition) is 2. The Morgan fingerprint density at radius 1 is 1.46 bits per heavy atom. The van der Waals surface area contributed by atoms with Crippen LogP contribution in [0.4, 0.5) is 0 Å². The molecule has 0 aliphatic carbocycles. The summed E-state index contributed by atoms with van der Waals surface area (Å²) in [6.45, 7) is 2.01. The Morgan fingerprint density at radius 3 is 2.69 bits per heavy atom. The highest BCUT2D eigenvalue weighted by Crippen LogP contribution is 2.05. The van der Waals surface area contributed by atoms with Crippen LogP contribution in [0.15, 0.2) is 12.1 Å². The van der Waals surface area contributed by atoms with Crippen molar-refractivity contribution in [1.82, 2.24) is 4.98 Å². The first-order chi connectivity index (χ1) is 6.15. The minimum atomic E-state index is -1.43. The molecule has 4 heteroatoms. The van der Waals surface area contributed by atoms with Crippen molar-refractivity contribution in [3.63, 3.8) is 0 Å². The zero-order chi connectivity index (χ0) is 9.84. The molecule has 13 heavy (non-hydrogen) atoms. The number of H-pyrrole nitrogens is 1.